The number of rotatable bonds is 6. The molecule has 1 aliphatic rings. The first-order valence-corrected chi connectivity index (χ1v) is 9.55. The molecule has 0 radical (unpaired) electrons. The molecule has 1 fully saturated rings. The molecule has 1 N–H and O–H groups in total. The standard InChI is InChI=1S/C20H23NO3S/c1-24-16-7-4-6-15(10-16)18-12-21(13-19(18)20(22)23)11-14-5-3-8-17(9-14)25-2/h3-10,18-19H,11-13H2,1-2H3,(H,22,23)/t18-,19+/m0/s1. The summed E-state index contributed by atoms with van der Waals surface area (Å²) in [5.74, 6) is -0.367. The maximum absolute atomic E-state index is 11.8. The first-order valence-electron chi connectivity index (χ1n) is 8.32. The van der Waals surface area contributed by atoms with Gasteiger partial charge in [-0.15, -0.1) is 11.8 Å². The Kier molecular flexibility index (Phi) is 5.66. The molecular formula is C20H23NO3S. The molecule has 0 saturated carbocycles. The summed E-state index contributed by atoms with van der Waals surface area (Å²) in [6.45, 7) is 2.09. The average molecular weight is 357 g/mol. The van der Waals surface area contributed by atoms with Crippen LogP contribution in [0.4, 0.5) is 0 Å². The van der Waals surface area contributed by atoms with Crippen molar-refractivity contribution in [2.45, 2.75) is 17.4 Å². The second-order valence-electron chi connectivity index (χ2n) is 6.37. The highest BCUT2D eigenvalue weighted by Crippen LogP contribution is 2.35. The molecule has 5 heteroatoms. The minimum Gasteiger partial charge on any atom is -0.497 e. The van der Waals surface area contributed by atoms with Crippen LogP contribution in [0.1, 0.15) is 17.0 Å². The molecule has 132 valence electrons. The Balaban J connectivity index is 1.79. The number of hydrogen-bond donors (Lipinski definition) is 1. The van der Waals surface area contributed by atoms with Crippen LogP contribution in [-0.4, -0.2) is 42.4 Å². The van der Waals surface area contributed by atoms with Crippen molar-refractivity contribution in [3.05, 3.63) is 59.7 Å². The molecule has 0 aromatic heterocycles. The van der Waals surface area contributed by atoms with Crippen molar-refractivity contribution in [3.8, 4) is 5.75 Å². The summed E-state index contributed by atoms with van der Waals surface area (Å²) in [6.07, 6.45) is 2.06. The van der Waals surface area contributed by atoms with E-state index in [0.717, 1.165) is 24.4 Å². The quantitative estimate of drug-likeness (QED) is 0.799. The van der Waals surface area contributed by atoms with Crippen LogP contribution in [0.15, 0.2) is 53.4 Å². The van der Waals surface area contributed by atoms with Crippen LogP contribution in [0.3, 0.4) is 0 Å². The first kappa shape index (κ1) is 17.8. The molecule has 4 nitrogen and oxygen atoms in total. The van der Waals surface area contributed by atoms with Crippen LogP contribution in [0.25, 0.3) is 0 Å². The van der Waals surface area contributed by atoms with Gasteiger partial charge >= 0.3 is 5.97 Å². The summed E-state index contributed by atoms with van der Waals surface area (Å²) in [7, 11) is 1.63. The van der Waals surface area contributed by atoms with Gasteiger partial charge in [-0.1, -0.05) is 24.3 Å². The van der Waals surface area contributed by atoms with Gasteiger partial charge in [0, 0.05) is 30.4 Å². The number of aliphatic carboxylic acids is 1. The Hall–Kier alpha value is -1.98. The number of nitrogens with zero attached hydrogens (tertiary/aromatic N) is 1. The van der Waals surface area contributed by atoms with E-state index in [0.29, 0.717) is 6.54 Å². The van der Waals surface area contributed by atoms with E-state index >= 15 is 0 Å². The van der Waals surface area contributed by atoms with E-state index in [1.807, 2.05) is 24.3 Å². The maximum atomic E-state index is 11.8. The van der Waals surface area contributed by atoms with Crippen molar-refractivity contribution in [2.24, 2.45) is 5.92 Å². The maximum Gasteiger partial charge on any atom is 0.308 e. The molecule has 1 heterocycles. The van der Waals surface area contributed by atoms with Crippen molar-refractivity contribution in [1.29, 1.82) is 0 Å². The van der Waals surface area contributed by atoms with E-state index in [-0.39, 0.29) is 5.92 Å². The van der Waals surface area contributed by atoms with Crippen LogP contribution < -0.4 is 4.74 Å². The zero-order valence-corrected chi connectivity index (χ0v) is 15.3. The largest absolute Gasteiger partial charge is 0.497 e. The summed E-state index contributed by atoms with van der Waals surface area (Å²) in [5.41, 5.74) is 2.26. The molecule has 0 unspecified atom stereocenters. The van der Waals surface area contributed by atoms with Gasteiger partial charge in [-0.2, -0.15) is 0 Å². The number of ether oxygens (including phenoxy) is 1. The smallest absolute Gasteiger partial charge is 0.308 e. The minimum absolute atomic E-state index is 0.0173. The summed E-state index contributed by atoms with van der Waals surface area (Å²) in [6, 6.07) is 16.2. The van der Waals surface area contributed by atoms with Gasteiger partial charge < -0.3 is 9.84 Å². The van der Waals surface area contributed by atoms with Crippen LogP contribution in [0.5, 0.6) is 5.75 Å². The molecule has 1 aliphatic heterocycles. The fourth-order valence-electron chi connectivity index (χ4n) is 3.50. The van der Waals surface area contributed by atoms with Gasteiger partial charge in [0.1, 0.15) is 5.75 Å². The summed E-state index contributed by atoms with van der Waals surface area (Å²) in [4.78, 5) is 15.2. The highest BCUT2D eigenvalue weighted by Gasteiger charge is 2.38. The Labute approximate surface area is 152 Å². The van der Waals surface area contributed by atoms with Crippen LogP contribution in [0.2, 0.25) is 0 Å². The van der Waals surface area contributed by atoms with Crippen LogP contribution in [0, 0.1) is 5.92 Å². The number of hydrogen-bond acceptors (Lipinski definition) is 4. The Morgan fingerprint density at radius 2 is 2.04 bits per heavy atom. The van der Waals surface area contributed by atoms with Crippen LogP contribution >= 0.6 is 11.8 Å². The van der Waals surface area contributed by atoms with Gasteiger partial charge in [0.2, 0.25) is 0 Å². The van der Waals surface area contributed by atoms with Crippen LogP contribution in [-0.2, 0) is 11.3 Å². The van der Waals surface area contributed by atoms with Crippen molar-refractivity contribution in [1.82, 2.24) is 4.90 Å². The highest BCUT2D eigenvalue weighted by molar-refractivity contribution is 7.98. The van der Waals surface area contributed by atoms with Gasteiger partial charge in [-0.3, -0.25) is 9.69 Å². The molecule has 2 aromatic carbocycles. The third kappa shape index (κ3) is 4.17. The summed E-state index contributed by atoms with van der Waals surface area (Å²) < 4.78 is 5.29. The van der Waals surface area contributed by atoms with Crippen molar-refractivity contribution < 1.29 is 14.6 Å². The van der Waals surface area contributed by atoms with E-state index in [4.69, 9.17) is 4.74 Å². The van der Waals surface area contributed by atoms with E-state index in [1.54, 1.807) is 18.9 Å². The van der Waals surface area contributed by atoms with Gasteiger partial charge in [-0.05, 0) is 41.6 Å². The summed E-state index contributed by atoms with van der Waals surface area (Å²) >= 11 is 1.72. The highest BCUT2D eigenvalue weighted by atomic mass is 32.2. The fourth-order valence-corrected chi connectivity index (χ4v) is 3.99. The Morgan fingerprint density at radius 3 is 2.76 bits per heavy atom. The van der Waals surface area contributed by atoms with Gasteiger partial charge in [0.05, 0.1) is 13.0 Å². The lowest BCUT2D eigenvalue weighted by Crippen LogP contribution is -2.23. The second-order valence-corrected chi connectivity index (χ2v) is 7.25. The zero-order valence-electron chi connectivity index (χ0n) is 14.5. The third-order valence-corrected chi connectivity index (χ3v) is 5.50. The normalized spacial score (nSPS) is 20.6. The molecule has 0 bridgehead atoms. The Bertz CT molecular complexity index is 749. The van der Waals surface area contributed by atoms with E-state index in [9.17, 15) is 9.90 Å². The monoisotopic (exact) mass is 357 g/mol. The minimum atomic E-state index is -0.729. The predicted octanol–water partition coefficient (Wildman–Crippen LogP) is 3.72. The molecule has 25 heavy (non-hydrogen) atoms. The molecule has 1 saturated heterocycles. The SMILES string of the molecule is COc1cccc([C@@H]2CN(Cc3cccc(SC)c3)C[C@H]2C(=O)O)c1. The second kappa shape index (κ2) is 7.93. The molecule has 2 aromatic rings. The zero-order chi connectivity index (χ0) is 17.8. The lowest BCUT2D eigenvalue weighted by molar-refractivity contribution is -0.141. The number of benzene rings is 2. The van der Waals surface area contributed by atoms with Crippen molar-refractivity contribution in [2.75, 3.05) is 26.5 Å². The molecule has 0 spiro atoms. The van der Waals surface area contributed by atoms with Crippen molar-refractivity contribution in [3.63, 3.8) is 0 Å². The number of thioether (sulfide) groups is 1. The average Bonchev–Trinajstić information content (AvgIpc) is 3.06. The number of carbonyl (C=O) groups is 1. The molecular weight excluding hydrogens is 334 g/mol. The van der Waals surface area contributed by atoms with Gasteiger partial charge in [-0.25, -0.2) is 0 Å². The first-order chi connectivity index (χ1) is 12.1. The van der Waals surface area contributed by atoms with E-state index < -0.39 is 11.9 Å². The molecule has 0 amide bonds. The topological polar surface area (TPSA) is 49.8 Å². The number of likely N-dealkylation sites (tertiary alicyclic amines) is 1. The number of carboxylic acids is 1. The van der Waals surface area contributed by atoms with Gasteiger partial charge in [0.25, 0.3) is 0 Å². The molecule has 0 aliphatic carbocycles. The number of methoxy groups -OCH3 is 1. The number of carboxylic acid groups (broad SMARTS) is 1. The van der Waals surface area contributed by atoms with E-state index in [2.05, 4.69) is 35.4 Å². The van der Waals surface area contributed by atoms with Gasteiger partial charge in [0.15, 0.2) is 0 Å². The lowest BCUT2D eigenvalue weighted by atomic mass is 9.89. The third-order valence-electron chi connectivity index (χ3n) is 4.77. The van der Waals surface area contributed by atoms with Crippen molar-refractivity contribution >= 4 is 17.7 Å². The fraction of sp³-hybridized carbons (Fsp3) is 0.350. The molecule has 2 atom stereocenters. The predicted molar refractivity (Wildman–Crippen MR) is 100 cm³/mol. The molecule has 3 rings (SSSR count). The van der Waals surface area contributed by atoms with E-state index in [1.165, 1.54) is 10.5 Å². The Morgan fingerprint density at radius 1 is 1.24 bits per heavy atom. The lowest BCUT2D eigenvalue weighted by Gasteiger charge is -2.17. The summed E-state index contributed by atoms with van der Waals surface area (Å²) in [5, 5.41) is 9.68.